The van der Waals surface area contributed by atoms with Gasteiger partial charge in [0, 0.05) is 12.1 Å². The Morgan fingerprint density at radius 1 is 1.00 bits per heavy atom. The van der Waals surface area contributed by atoms with Crippen LogP contribution in [0.25, 0.3) is 11.4 Å². The number of hydrogen-bond acceptors (Lipinski definition) is 4. The van der Waals surface area contributed by atoms with E-state index in [0.717, 1.165) is 17.7 Å². The van der Waals surface area contributed by atoms with Gasteiger partial charge in [0.05, 0.1) is 0 Å². The molecule has 0 radical (unpaired) electrons. The maximum Gasteiger partial charge on any atom is 0.204 e. The molecule has 106 valence electrons. The van der Waals surface area contributed by atoms with Crippen molar-refractivity contribution in [1.29, 1.82) is 0 Å². The van der Waals surface area contributed by atoms with Gasteiger partial charge in [-0.15, -0.1) is 10.2 Å². The topological polar surface area (TPSA) is 55.6 Å². The molecular weight excluding hydrogens is 262 g/mol. The van der Waals surface area contributed by atoms with Crippen molar-refractivity contribution < 1.29 is 0 Å². The second-order valence-corrected chi connectivity index (χ2v) is 4.78. The van der Waals surface area contributed by atoms with Crippen molar-refractivity contribution in [3.05, 3.63) is 66.2 Å². The maximum atomic E-state index is 4.53. The van der Waals surface area contributed by atoms with E-state index in [2.05, 4.69) is 32.9 Å². The summed E-state index contributed by atoms with van der Waals surface area (Å²) in [6, 6.07) is 20.1. The molecule has 1 aromatic heterocycles. The van der Waals surface area contributed by atoms with Crippen molar-refractivity contribution in [2.24, 2.45) is 0 Å². The van der Waals surface area contributed by atoms with Crippen molar-refractivity contribution in [3.8, 4) is 11.4 Å². The largest absolute Gasteiger partial charge is 0.317 e. The van der Waals surface area contributed by atoms with E-state index in [-0.39, 0.29) is 6.04 Å². The Morgan fingerprint density at radius 3 is 2.33 bits per heavy atom. The minimum atomic E-state index is 0.0289. The molecule has 3 aromatic rings. The molecule has 0 amide bonds. The van der Waals surface area contributed by atoms with E-state index < -0.39 is 0 Å². The average molecular weight is 279 g/mol. The van der Waals surface area contributed by atoms with Crippen LogP contribution in [0.3, 0.4) is 0 Å². The standard InChI is InChI=1S/C16H17N5/c1-17-12-15(13-8-4-2-5-9-13)21-19-16(18-20-21)14-10-6-3-7-11-14/h2-11,15,17H,12H2,1H3. The molecule has 0 fully saturated rings. The van der Waals surface area contributed by atoms with Gasteiger partial charge in [-0.2, -0.15) is 4.80 Å². The zero-order chi connectivity index (χ0) is 14.5. The lowest BCUT2D eigenvalue weighted by Crippen LogP contribution is -2.25. The van der Waals surface area contributed by atoms with Crippen molar-refractivity contribution in [3.63, 3.8) is 0 Å². The molecule has 3 rings (SSSR count). The van der Waals surface area contributed by atoms with Gasteiger partial charge >= 0.3 is 0 Å². The number of likely N-dealkylation sites (N-methyl/N-ethyl adjacent to an activating group) is 1. The van der Waals surface area contributed by atoms with Crippen molar-refractivity contribution >= 4 is 0 Å². The summed E-state index contributed by atoms with van der Waals surface area (Å²) in [6.07, 6.45) is 0. The summed E-state index contributed by atoms with van der Waals surface area (Å²) in [5, 5.41) is 16.1. The summed E-state index contributed by atoms with van der Waals surface area (Å²) in [7, 11) is 1.92. The van der Waals surface area contributed by atoms with E-state index in [9.17, 15) is 0 Å². The van der Waals surface area contributed by atoms with Crippen LogP contribution in [-0.2, 0) is 0 Å². The lowest BCUT2D eigenvalue weighted by molar-refractivity contribution is 0.437. The third kappa shape index (κ3) is 2.98. The van der Waals surface area contributed by atoms with E-state index in [1.54, 1.807) is 4.80 Å². The monoisotopic (exact) mass is 279 g/mol. The summed E-state index contributed by atoms with van der Waals surface area (Å²) in [5.41, 5.74) is 2.13. The van der Waals surface area contributed by atoms with Gasteiger partial charge < -0.3 is 5.32 Å². The number of benzene rings is 2. The summed E-state index contributed by atoms with van der Waals surface area (Å²) in [6.45, 7) is 0.745. The van der Waals surface area contributed by atoms with Crippen LogP contribution < -0.4 is 5.32 Å². The van der Waals surface area contributed by atoms with Crippen LogP contribution in [0.5, 0.6) is 0 Å². The van der Waals surface area contributed by atoms with Gasteiger partial charge in [-0.25, -0.2) is 0 Å². The molecule has 2 aromatic carbocycles. The molecule has 0 spiro atoms. The molecule has 0 saturated heterocycles. The highest BCUT2D eigenvalue weighted by Gasteiger charge is 2.16. The Kier molecular flexibility index (Phi) is 4.02. The van der Waals surface area contributed by atoms with Crippen molar-refractivity contribution in [2.75, 3.05) is 13.6 Å². The number of tetrazole rings is 1. The highest BCUT2D eigenvalue weighted by atomic mass is 15.6. The van der Waals surface area contributed by atoms with E-state index in [1.165, 1.54) is 0 Å². The smallest absolute Gasteiger partial charge is 0.204 e. The molecule has 5 heteroatoms. The fourth-order valence-electron chi connectivity index (χ4n) is 2.26. The number of aromatic nitrogens is 4. The first-order valence-electron chi connectivity index (χ1n) is 6.93. The molecule has 1 atom stereocenters. The lowest BCUT2D eigenvalue weighted by Gasteiger charge is -2.15. The van der Waals surface area contributed by atoms with Crippen LogP contribution in [-0.4, -0.2) is 33.8 Å². The van der Waals surface area contributed by atoms with Crippen molar-refractivity contribution in [2.45, 2.75) is 6.04 Å². The first-order chi connectivity index (χ1) is 10.4. The van der Waals surface area contributed by atoms with Crippen LogP contribution in [0.2, 0.25) is 0 Å². The fraction of sp³-hybridized carbons (Fsp3) is 0.188. The van der Waals surface area contributed by atoms with Crippen LogP contribution in [0.1, 0.15) is 11.6 Å². The van der Waals surface area contributed by atoms with Gasteiger partial charge in [0.15, 0.2) is 0 Å². The van der Waals surface area contributed by atoms with E-state index in [1.807, 2.05) is 55.6 Å². The third-order valence-corrected chi connectivity index (χ3v) is 3.32. The average Bonchev–Trinajstić information content (AvgIpc) is 3.04. The number of nitrogens with zero attached hydrogens (tertiary/aromatic N) is 4. The molecule has 0 aliphatic rings. The first kappa shape index (κ1) is 13.5. The van der Waals surface area contributed by atoms with Gasteiger partial charge in [-0.3, -0.25) is 0 Å². The predicted octanol–water partition coefficient (Wildman–Crippen LogP) is 2.15. The Morgan fingerprint density at radius 2 is 1.67 bits per heavy atom. The Bertz CT molecular complexity index is 678. The molecular formula is C16H17N5. The summed E-state index contributed by atoms with van der Waals surface area (Å²) in [4.78, 5) is 1.67. The first-order valence-corrected chi connectivity index (χ1v) is 6.93. The maximum absolute atomic E-state index is 4.53. The minimum Gasteiger partial charge on any atom is -0.317 e. The molecule has 0 saturated carbocycles. The van der Waals surface area contributed by atoms with Crippen LogP contribution in [0.4, 0.5) is 0 Å². The Hall–Kier alpha value is -2.53. The SMILES string of the molecule is CNCC(c1ccccc1)n1nnc(-c2ccccc2)n1. The highest BCUT2D eigenvalue weighted by molar-refractivity contribution is 5.53. The molecule has 0 aliphatic heterocycles. The van der Waals surface area contributed by atoms with Crippen LogP contribution in [0, 0.1) is 0 Å². The van der Waals surface area contributed by atoms with Gasteiger partial charge in [0.1, 0.15) is 6.04 Å². The minimum absolute atomic E-state index is 0.0289. The van der Waals surface area contributed by atoms with Gasteiger partial charge in [0.25, 0.3) is 0 Å². The summed E-state index contributed by atoms with van der Waals surface area (Å²) < 4.78 is 0. The molecule has 1 unspecified atom stereocenters. The highest BCUT2D eigenvalue weighted by Crippen LogP contribution is 2.18. The quantitative estimate of drug-likeness (QED) is 0.777. The molecule has 0 bridgehead atoms. The molecule has 1 N–H and O–H groups in total. The van der Waals surface area contributed by atoms with Crippen LogP contribution in [0.15, 0.2) is 60.7 Å². The predicted molar refractivity (Wildman–Crippen MR) is 81.8 cm³/mol. The number of rotatable bonds is 5. The second-order valence-electron chi connectivity index (χ2n) is 4.78. The van der Waals surface area contributed by atoms with Crippen molar-refractivity contribution in [1.82, 2.24) is 25.5 Å². The van der Waals surface area contributed by atoms with E-state index in [0.29, 0.717) is 5.82 Å². The Labute approximate surface area is 123 Å². The molecule has 0 aliphatic carbocycles. The van der Waals surface area contributed by atoms with Gasteiger partial charge in [-0.05, 0) is 17.8 Å². The number of hydrogen-bond donors (Lipinski definition) is 1. The Balaban J connectivity index is 1.93. The zero-order valence-corrected chi connectivity index (χ0v) is 11.8. The molecule has 1 heterocycles. The van der Waals surface area contributed by atoms with Gasteiger partial charge in [0.2, 0.25) is 5.82 Å². The third-order valence-electron chi connectivity index (χ3n) is 3.32. The summed E-state index contributed by atoms with van der Waals surface area (Å²) in [5.74, 6) is 0.646. The summed E-state index contributed by atoms with van der Waals surface area (Å²) >= 11 is 0. The zero-order valence-electron chi connectivity index (χ0n) is 11.8. The lowest BCUT2D eigenvalue weighted by atomic mass is 10.1. The van der Waals surface area contributed by atoms with E-state index >= 15 is 0 Å². The van der Waals surface area contributed by atoms with Crippen LogP contribution >= 0.6 is 0 Å². The second kappa shape index (κ2) is 6.28. The molecule has 5 nitrogen and oxygen atoms in total. The number of nitrogens with one attached hydrogen (secondary N) is 1. The van der Waals surface area contributed by atoms with E-state index in [4.69, 9.17) is 0 Å². The normalized spacial score (nSPS) is 12.2. The fourth-order valence-corrected chi connectivity index (χ4v) is 2.26. The molecule has 21 heavy (non-hydrogen) atoms. The van der Waals surface area contributed by atoms with Gasteiger partial charge in [-0.1, -0.05) is 60.7 Å².